The first-order valence-electron chi connectivity index (χ1n) is 12.1. The number of nitrogens with zero attached hydrogens (tertiary/aromatic N) is 3. The van der Waals surface area contributed by atoms with Gasteiger partial charge in [0.05, 0.1) is 16.5 Å². The van der Waals surface area contributed by atoms with Gasteiger partial charge in [0.1, 0.15) is 18.1 Å². The van der Waals surface area contributed by atoms with Gasteiger partial charge in [-0.15, -0.1) is 0 Å². The molecule has 3 aromatic rings. The summed E-state index contributed by atoms with van der Waals surface area (Å²) in [6.07, 6.45) is 0. The van der Waals surface area contributed by atoms with E-state index in [9.17, 15) is 24.8 Å². The van der Waals surface area contributed by atoms with Crippen LogP contribution in [0.4, 0.5) is 5.69 Å². The van der Waals surface area contributed by atoms with Gasteiger partial charge in [0.15, 0.2) is 0 Å². The third-order valence-electron chi connectivity index (χ3n) is 6.43. The molecule has 1 N–H and O–H groups in total. The minimum Gasteiger partial charge on any atom is -0.507 e. The molecule has 0 bridgehead atoms. The number of nitro benzene ring substituents is 1. The molecule has 1 heterocycles. The number of non-ortho nitro benzene ring substituents is 1. The molecule has 1 atom stereocenters. The number of ether oxygens (including phenoxy) is 1. The van der Waals surface area contributed by atoms with Crippen molar-refractivity contribution in [3.05, 3.63) is 111 Å². The largest absolute Gasteiger partial charge is 0.507 e. The normalized spacial score (nSPS) is 16.7. The van der Waals surface area contributed by atoms with Crippen LogP contribution in [-0.2, 0) is 16.2 Å². The molecule has 1 fully saturated rings. The van der Waals surface area contributed by atoms with Crippen molar-refractivity contribution in [2.24, 2.45) is 0 Å². The number of amides is 1. The average molecular weight is 516 g/mol. The summed E-state index contributed by atoms with van der Waals surface area (Å²) >= 11 is 0. The number of rotatable bonds is 9. The van der Waals surface area contributed by atoms with E-state index in [0.29, 0.717) is 35.6 Å². The van der Waals surface area contributed by atoms with Crippen LogP contribution < -0.4 is 4.74 Å². The van der Waals surface area contributed by atoms with Crippen LogP contribution in [0.15, 0.2) is 78.4 Å². The first kappa shape index (κ1) is 26.6. The molecule has 9 heteroatoms. The van der Waals surface area contributed by atoms with Crippen LogP contribution in [0, 0.1) is 17.0 Å². The Labute approximate surface area is 220 Å². The van der Waals surface area contributed by atoms with Crippen LogP contribution in [0.1, 0.15) is 28.3 Å². The van der Waals surface area contributed by atoms with E-state index < -0.39 is 22.7 Å². The number of carbonyl (C=O) groups excluding carboxylic acids is 2. The van der Waals surface area contributed by atoms with E-state index in [1.54, 1.807) is 31.2 Å². The molecule has 4 rings (SSSR count). The van der Waals surface area contributed by atoms with Crippen molar-refractivity contribution >= 4 is 23.1 Å². The second kappa shape index (κ2) is 11.3. The Morgan fingerprint density at radius 3 is 2.45 bits per heavy atom. The van der Waals surface area contributed by atoms with Crippen molar-refractivity contribution in [3.63, 3.8) is 0 Å². The van der Waals surface area contributed by atoms with Crippen molar-refractivity contribution in [2.75, 3.05) is 27.2 Å². The highest BCUT2D eigenvalue weighted by Crippen LogP contribution is 2.40. The van der Waals surface area contributed by atoms with Gasteiger partial charge in [-0.3, -0.25) is 19.7 Å². The lowest BCUT2D eigenvalue weighted by atomic mass is 9.93. The second-order valence-corrected chi connectivity index (χ2v) is 9.40. The Morgan fingerprint density at radius 1 is 1.05 bits per heavy atom. The molecule has 38 heavy (non-hydrogen) atoms. The zero-order chi connectivity index (χ0) is 27.4. The van der Waals surface area contributed by atoms with Crippen molar-refractivity contribution in [1.29, 1.82) is 0 Å². The number of hydrogen-bond donors (Lipinski definition) is 1. The molecule has 0 unspecified atom stereocenters. The highest BCUT2D eigenvalue weighted by atomic mass is 16.6. The number of likely N-dealkylation sites (tertiary alicyclic amines) is 1. The zero-order valence-electron chi connectivity index (χ0n) is 21.5. The maximum Gasteiger partial charge on any atom is 0.295 e. The fraction of sp³-hybridized carbons (Fsp3) is 0.241. The number of aliphatic hydroxyl groups is 1. The summed E-state index contributed by atoms with van der Waals surface area (Å²) in [5.74, 6) is -1.34. The predicted octanol–water partition coefficient (Wildman–Crippen LogP) is 4.47. The van der Waals surface area contributed by atoms with E-state index in [1.165, 1.54) is 23.1 Å². The van der Waals surface area contributed by atoms with Crippen LogP contribution in [0.25, 0.3) is 5.76 Å². The molecule has 0 aliphatic carbocycles. The van der Waals surface area contributed by atoms with Gasteiger partial charge in [0.25, 0.3) is 17.4 Å². The first-order valence-corrected chi connectivity index (χ1v) is 12.1. The fourth-order valence-corrected chi connectivity index (χ4v) is 4.45. The minimum atomic E-state index is -0.969. The summed E-state index contributed by atoms with van der Waals surface area (Å²) in [6.45, 7) is 2.81. The molecular weight excluding hydrogens is 486 g/mol. The number of benzene rings is 3. The van der Waals surface area contributed by atoms with Gasteiger partial charge in [-0.25, -0.2) is 0 Å². The third kappa shape index (κ3) is 5.57. The number of likely N-dealkylation sites (N-methyl/N-ethyl adjacent to an activating group) is 1. The highest BCUT2D eigenvalue weighted by molar-refractivity contribution is 6.46. The van der Waals surface area contributed by atoms with Crippen molar-refractivity contribution in [1.82, 2.24) is 9.80 Å². The van der Waals surface area contributed by atoms with Gasteiger partial charge in [0, 0.05) is 30.8 Å². The van der Waals surface area contributed by atoms with Gasteiger partial charge >= 0.3 is 0 Å². The lowest BCUT2D eigenvalue weighted by molar-refractivity contribution is -0.384. The molecule has 3 aromatic carbocycles. The summed E-state index contributed by atoms with van der Waals surface area (Å²) in [5, 5.41) is 22.8. The van der Waals surface area contributed by atoms with Crippen LogP contribution in [0.5, 0.6) is 5.75 Å². The number of hydrogen-bond acceptors (Lipinski definition) is 7. The molecule has 1 saturated heterocycles. The van der Waals surface area contributed by atoms with Crippen molar-refractivity contribution in [2.45, 2.75) is 19.6 Å². The van der Waals surface area contributed by atoms with Crippen LogP contribution >= 0.6 is 0 Å². The van der Waals surface area contributed by atoms with Crippen LogP contribution in [-0.4, -0.2) is 58.7 Å². The van der Waals surface area contributed by atoms with E-state index in [-0.39, 0.29) is 23.6 Å². The molecule has 0 spiro atoms. The Balaban J connectivity index is 1.74. The Kier molecular flexibility index (Phi) is 7.87. The van der Waals surface area contributed by atoms with E-state index in [0.717, 1.165) is 5.56 Å². The summed E-state index contributed by atoms with van der Waals surface area (Å²) in [6, 6.07) is 19.6. The lowest BCUT2D eigenvalue weighted by Gasteiger charge is -2.26. The molecular formula is C29H29N3O6. The quantitative estimate of drug-likeness (QED) is 0.147. The standard InChI is InChI=1S/C29H29N3O6/c1-19-16-23(38-18-20-8-5-4-6-9-20)12-13-24(19)27(33)25-26(21-10-7-11-22(17-21)32(36)37)31(15-14-30(2)3)29(35)28(25)34/h4-13,16-17,26,33H,14-15,18H2,1-3H3/b27-25+/t26-/m0/s1. The number of aryl methyl sites for hydroxylation is 1. The summed E-state index contributed by atoms with van der Waals surface area (Å²) in [5.41, 5.74) is 2.13. The number of carbonyl (C=O) groups is 2. The minimum absolute atomic E-state index is 0.102. The number of ketones is 1. The van der Waals surface area contributed by atoms with E-state index >= 15 is 0 Å². The molecule has 1 aliphatic heterocycles. The number of nitro groups is 1. The van der Waals surface area contributed by atoms with Gasteiger partial charge in [-0.1, -0.05) is 42.5 Å². The number of aliphatic hydroxyl groups excluding tert-OH is 1. The topological polar surface area (TPSA) is 113 Å². The van der Waals surface area contributed by atoms with E-state index in [4.69, 9.17) is 4.74 Å². The van der Waals surface area contributed by atoms with Gasteiger partial charge < -0.3 is 19.6 Å². The summed E-state index contributed by atoms with van der Waals surface area (Å²) in [4.78, 5) is 40.4. The Morgan fingerprint density at radius 2 is 1.79 bits per heavy atom. The maximum absolute atomic E-state index is 13.2. The fourth-order valence-electron chi connectivity index (χ4n) is 4.45. The Bertz CT molecular complexity index is 1400. The van der Waals surface area contributed by atoms with Crippen molar-refractivity contribution < 1.29 is 24.4 Å². The molecule has 196 valence electrons. The van der Waals surface area contributed by atoms with E-state index in [2.05, 4.69) is 0 Å². The van der Waals surface area contributed by atoms with Gasteiger partial charge in [0.2, 0.25) is 0 Å². The SMILES string of the molecule is Cc1cc(OCc2ccccc2)ccc1/C(O)=C1\C(=O)C(=O)N(CCN(C)C)[C@H]1c1cccc([N+](=O)[O-])c1. The Hall–Kier alpha value is -4.50. The highest BCUT2D eigenvalue weighted by Gasteiger charge is 2.46. The zero-order valence-corrected chi connectivity index (χ0v) is 21.5. The smallest absolute Gasteiger partial charge is 0.295 e. The molecule has 9 nitrogen and oxygen atoms in total. The summed E-state index contributed by atoms with van der Waals surface area (Å²) < 4.78 is 5.87. The monoisotopic (exact) mass is 515 g/mol. The molecule has 1 aliphatic rings. The maximum atomic E-state index is 13.2. The van der Waals surface area contributed by atoms with Gasteiger partial charge in [-0.2, -0.15) is 0 Å². The molecule has 0 aromatic heterocycles. The predicted molar refractivity (Wildman–Crippen MR) is 143 cm³/mol. The molecule has 0 saturated carbocycles. The van der Waals surface area contributed by atoms with Crippen LogP contribution in [0.3, 0.4) is 0 Å². The summed E-state index contributed by atoms with van der Waals surface area (Å²) in [7, 11) is 3.67. The van der Waals surface area contributed by atoms with Crippen molar-refractivity contribution in [3.8, 4) is 5.75 Å². The molecule has 0 radical (unpaired) electrons. The number of Topliss-reactive ketones (excluding diaryl/α,β-unsaturated/α-hetero) is 1. The van der Waals surface area contributed by atoms with Crippen LogP contribution in [0.2, 0.25) is 0 Å². The third-order valence-corrected chi connectivity index (χ3v) is 6.43. The van der Waals surface area contributed by atoms with Gasteiger partial charge in [-0.05, 0) is 55.9 Å². The second-order valence-electron chi connectivity index (χ2n) is 9.40. The average Bonchev–Trinajstić information content (AvgIpc) is 3.16. The first-order chi connectivity index (χ1) is 18.2. The lowest BCUT2D eigenvalue weighted by Crippen LogP contribution is -2.35. The molecule has 1 amide bonds. The van der Waals surface area contributed by atoms with E-state index in [1.807, 2.05) is 49.3 Å².